The molecule has 2 amide bonds. The number of amides is 2. The van der Waals surface area contributed by atoms with Gasteiger partial charge >= 0.3 is 6.03 Å². The fourth-order valence-corrected chi connectivity index (χ4v) is 2.60. The highest BCUT2D eigenvalue weighted by molar-refractivity contribution is 5.77. The molecular formula is C17H22N6O3. The summed E-state index contributed by atoms with van der Waals surface area (Å²) in [7, 11) is 1.63. The van der Waals surface area contributed by atoms with E-state index in [1.165, 1.54) is 0 Å². The van der Waals surface area contributed by atoms with E-state index in [2.05, 4.69) is 25.5 Å². The second kappa shape index (κ2) is 7.85. The number of aromatic amines is 1. The molecule has 9 nitrogen and oxygen atoms in total. The molecule has 1 aromatic carbocycles. The van der Waals surface area contributed by atoms with Crippen LogP contribution in [0.3, 0.4) is 0 Å². The van der Waals surface area contributed by atoms with Crippen LogP contribution in [0.2, 0.25) is 0 Å². The third kappa shape index (κ3) is 4.11. The topological polar surface area (TPSA) is 109 Å². The predicted octanol–water partition coefficient (Wildman–Crippen LogP) is 2.04. The summed E-state index contributed by atoms with van der Waals surface area (Å²) < 4.78 is 10.5. The zero-order valence-corrected chi connectivity index (χ0v) is 15.1. The second-order valence-corrected chi connectivity index (χ2v) is 5.77. The number of imidazole rings is 1. The Bertz CT molecular complexity index is 888. The van der Waals surface area contributed by atoms with Crippen molar-refractivity contribution in [2.45, 2.75) is 26.8 Å². The molecule has 0 bridgehead atoms. The number of urea groups is 1. The van der Waals surface area contributed by atoms with Gasteiger partial charge in [-0.3, -0.25) is 0 Å². The monoisotopic (exact) mass is 358 g/mol. The molecule has 0 aliphatic carbocycles. The highest BCUT2D eigenvalue weighted by Gasteiger charge is 2.14. The van der Waals surface area contributed by atoms with E-state index in [9.17, 15) is 4.79 Å². The number of nitrogens with one attached hydrogen (secondary N) is 2. The van der Waals surface area contributed by atoms with Gasteiger partial charge in [0.1, 0.15) is 11.6 Å². The average molecular weight is 358 g/mol. The summed E-state index contributed by atoms with van der Waals surface area (Å²) in [5.74, 6) is 2.46. The molecule has 0 atom stereocenters. The van der Waals surface area contributed by atoms with Crippen LogP contribution in [0.25, 0.3) is 11.0 Å². The number of fused-ring (bicyclic) bond motifs is 1. The minimum atomic E-state index is -0.180. The lowest BCUT2D eigenvalue weighted by Gasteiger charge is -2.20. The van der Waals surface area contributed by atoms with Gasteiger partial charge in [-0.05, 0) is 19.1 Å². The number of aromatic nitrogens is 4. The summed E-state index contributed by atoms with van der Waals surface area (Å²) in [4.78, 5) is 21.8. The zero-order valence-electron chi connectivity index (χ0n) is 15.1. The minimum Gasteiger partial charge on any atom is -0.497 e. The van der Waals surface area contributed by atoms with Crippen molar-refractivity contribution in [3.63, 3.8) is 0 Å². The van der Waals surface area contributed by atoms with Gasteiger partial charge < -0.3 is 24.4 Å². The number of carbonyl (C=O) groups excluding carboxylic acids is 1. The third-order valence-electron chi connectivity index (χ3n) is 3.98. The molecule has 0 radical (unpaired) electrons. The maximum atomic E-state index is 12.3. The predicted molar refractivity (Wildman–Crippen MR) is 94.9 cm³/mol. The largest absolute Gasteiger partial charge is 0.497 e. The Morgan fingerprint density at radius 1 is 1.38 bits per heavy atom. The summed E-state index contributed by atoms with van der Waals surface area (Å²) in [5, 5.41) is 10.4. The Morgan fingerprint density at radius 3 is 2.92 bits per heavy atom. The number of nitrogens with zero attached hydrogens (tertiary/aromatic N) is 4. The molecule has 3 aromatic rings. The molecule has 2 N–H and O–H groups in total. The Morgan fingerprint density at radius 2 is 2.23 bits per heavy atom. The third-order valence-corrected chi connectivity index (χ3v) is 3.98. The lowest BCUT2D eigenvalue weighted by molar-refractivity contribution is 0.199. The standard InChI is InChI=1S/C17H22N6O3/c1-4-23(17(24)18-10-16-22-21-11(2)26-16)8-7-15-19-13-6-5-12(25-3)9-14(13)20-15/h5-6,9H,4,7-8,10H2,1-3H3,(H,18,24)(H,19,20). The van der Waals surface area contributed by atoms with Crippen LogP contribution in [0, 0.1) is 6.92 Å². The van der Waals surface area contributed by atoms with E-state index in [0.29, 0.717) is 31.3 Å². The van der Waals surface area contributed by atoms with E-state index in [1.54, 1.807) is 18.9 Å². The van der Waals surface area contributed by atoms with Crippen LogP contribution < -0.4 is 10.1 Å². The van der Waals surface area contributed by atoms with E-state index in [0.717, 1.165) is 22.6 Å². The highest BCUT2D eigenvalue weighted by Crippen LogP contribution is 2.18. The molecule has 138 valence electrons. The maximum absolute atomic E-state index is 12.3. The van der Waals surface area contributed by atoms with Gasteiger partial charge in [-0.25, -0.2) is 9.78 Å². The molecular weight excluding hydrogens is 336 g/mol. The van der Waals surface area contributed by atoms with E-state index >= 15 is 0 Å². The SMILES string of the molecule is CCN(CCc1nc2ccc(OC)cc2[nH]1)C(=O)NCc1nnc(C)o1. The van der Waals surface area contributed by atoms with Crippen molar-refractivity contribution in [2.24, 2.45) is 0 Å². The molecule has 9 heteroatoms. The number of hydrogen-bond acceptors (Lipinski definition) is 6. The summed E-state index contributed by atoms with van der Waals surface area (Å²) >= 11 is 0. The molecule has 0 saturated heterocycles. The van der Waals surface area contributed by atoms with Gasteiger partial charge in [-0.15, -0.1) is 10.2 Å². The molecule has 26 heavy (non-hydrogen) atoms. The Hall–Kier alpha value is -3.10. The molecule has 0 fully saturated rings. The van der Waals surface area contributed by atoms with Crippen LogP contribution in [0.1, 0.15) is 24.5 Å². The molecule has 0 unspecified atom stereocenters. The first kappa shape index (κ1) is 17.7. The van der Waals surface area contributed by atoms with Crippen LogP contribution in [0.4, 0.5) is 4.79 Å². The number of H-pyrrole nitrogens is 1. The Balaban J connectivity index is 1.56. The smallest absolute Gasteiger partial charge is 0.317 e. The number of carbonyl (C=O) groups is 1. The quantitative estimate of drug-likeness (QED) is 0.669. The Kier molecular flexibility index (Phi) is 5.35. The fraction of sp³-hybridized carbons (Fsp3) is 0.412. The summed E-state index contributed by atoms with van der Waals surface area (Å²) in [6, 6.07) is 5.51. The van der Waals surface area contributed by atoms with Gasteiger partial charge in [0.2, 0.25) is 11.8 Å². The molecule has 3 rings (SSSR count). The number of benzene rings is 1. The molecule has 0 saturated carbocycles. The molecule has 0 spiro atoms. The van der Waals surface area contributed by atoms with Crippen molar-refractivity contribution in [2.75, 3.05) is 20.2 Å². The molecule has 2 aromatic heterocycles. The lowest BCUT2D eigenvalue weighted by atomic mass is 10.3. The van der Waals surface area contributed by atoms with Gasteiger partial charge in [-0.1, -0.05) is 0 Å². The first-order valence-electron chi connectivity index (χ1n) is 8.43. The van der Waals surface area contributed by atoms with Gasteiger partial charge in [-0.2, -0.15) is 0 Å². The average Bonchev–Trinajstić information content (AvgIpc) is 3.25. The van der Waals surface area contributed by atoms with Gasteiger partial charge in [0, 0.05) is 32.5 Å². The summed E-state index contributed by atoms with van der Waals surface area (Å²) in [6.45, 7) is 4.98. The van der Waals surface area contributed by atoms with Crippen LogP contribution in [-0.2, 0) is 13.0 Å². The maximum Gasteiger partial charge on any atom is 0.317 e. The van der Waals surface area contributed by atoms with Gasteiger partial charge in [0.05, 0.1) is 24.7 Å². The van der Waals surface area contributed by atoms with Gasteiger partial charge in [0.25, 0.3) is 0 Å². The first-order valence-corrected chi connectivity index (χ1v) is 8.43. The minimum absolute atomic E-state index is 0.180. The van der Waals surface area contributed by atoms with Crippen LogP contribution in [-0.4, -0.2) is 51.3 Å². The number of likely N-dealkylation sites (N-methyl/N-ethyl adjacent to an activating group) is 1. The van der Waals surface area contributed by atoms with E-state index < -0.39 is 0 Å². The van der Waals surface area contributed by atoms with Crippen LogP contribution in [0.15, 0.2) is 22.6 Å². The van der Waals surface area contributed by atoms with Gasteiger partial charge in [0.15, 0.2) is 0 Å². The van der Waals surface area contributed by atoms with Crippen molar-refractivity contribution in [1.29, 1.82) is 0 Å². The number of rotatable bonds is 7. The van der Waals surface area contributed by atoms with Crippen molar-refractivity contribution >= 4 is 17.1 Å². The second-order valence-electron chi connectivity index (χ2n) is 5.77. The lowest BCUT2D eigenvalue weighted by Crippen LogP contribution is -2.40. The summed E-state index contributed by atoms with van der Waals surface area (Å²) in [5.41, 5.74) is 1.79. The first-order chi connectivity index (χ1) is 12.6. The molecule has 0 aliphatic heterocycles. The van der Waals surface area contributed by atoms with Crippen molar-refractivity contribution < 1.29 is 13.9 Å². The normalized spacial score (nSPS) is 10.9. The van der Waals surface area contributed by atoms with E-state index in [1.807, 2.05) is 25.1 Å². The van der Waals surface area contributed by atoms with Crippen molar-refractivity contribution in [1.82, 2.24) is 30.4 Å². The molecule has 0 aliphatic rings. The van der Waals surface area contributed by atoms with E-state index in [-0.39, 0.29) is 12.6 Å². The van der Waals surface area contributed by atoms with Crippen molar-refractivity contribution in [3.05, 3.63) is 35.8 Å². The molecule has 2 heterocycles. The van der Waals surface area contributed by atoms with Crippen LogP contribution in [0.5, 0.6) is 5.75 Å². The van der Waals surface area contributed by atoms with E-state index in [4.69, 9.17) is 9.15 Å². The Labute approximate surface area is 150 Å². The number of aryl methyl sites for hydroxylation is 1. The van der Waals surface area contributed by atoms with Crippen molar-refractivity contribution in [3.8, 4) is 5.75 Å². The number of hydrogen-bond donors (Lipinski definition) is 2. The number of ether oxygens (including phenoxy) is 1. The van der Waals surface area contributed by atoms with Crippen LogP contribution >= 0.6 is 0 Å². The number of methoxy groups -OCH3 is 1. The fourth-order valence-electron chi connectivity index (χ4n) is 2.60. The zero-order chi connectivity index (χ0) is 18.5. The highest BCUT2D eigenvalue weighted by atomic mass is 16.5. The summed E-state index contributed by atoms with van der Waals surface area (Å²) in [6.07, 6.45) is 0.623.